The Labute approximate surface area is 103 Å². The molecule has 0 spiro atoms. The van der Waals surface area contributed by atoms with Crippen molar-refractivity contribution in [2.75, 3.05) is 25.0 Å². The molecule has 0 amide bonds. The van der Waals surface area contributed by atoms with Crippen molar-refractivity contribution < 1.29 is 0 Å². The van der Waals surface area contributed by atoms with Crippen LogP contribution in [0.3, 0.4) is 0 Å². The van der Waals surface area contributed by atoms with Gasteiger partial charge in [0.05, 0.1) is 11.4 Å². The Bertz CT molecular complexity index is 373. The number of nitrogens with zero attached hydrogens (tertiary/aromatic N) is 4. The Balaban J connectivity index is 1.98. The minimum Gasteiger partial charge on any atom is -0.341 e. The highest BCUT2D eigenvalue weighted by Crippen LogP contribution is 2.11. The molecule has 2 rings (SSSR count). The predicted molar refractivity (Wildman–Crippen MR) is 68.2 cm³/mol. The summed E-state index contributed by atoms with van der Waals surface area (Å²) in [7, 11) is 2.03. The highest BCUT2D eigenvalue weighted by molar-refractivity contribution is 5.28. The summed E-state index contributed by atoms with van der Waals surface area (Å²) in [6.45, 7) is 5.98. The Morgan fingerprint density at radius 2 is 2.06 bits per heavy atom. The minimum absolute atomic E-state index is 0.555. The number of hydrogen-bond donors (Lipinski definition) is 1. The zero-order valence-corrected chi connectivity index (χ0v) is 10.9. The fourth-order valence-electron chi connectivity index (χ4n) is 2.10. The molecule has 0 aliphatic carbocycles. The summed E-state index contributed by atoms with van der Waals surface area (Å²) in [5, 5.41) is 11.8. The van der Waals surface area contributed by atoms with E-state index in [1.165, 1.54) is 19.3 Å². The second-order valence-corrected chi connectivity index (χ2v) is 4.81. The summed E-state index contributed by atoms with van der Waals surface area (Å²) in [6, 6.07) is 0.555. The monoisotopic (exact) mass is 235 g/mol. The molecule has 1 aliphatic rings. The highest BCUT2D eigenvalue weighted by Gasteiger charge is 2.16. The van der Waals surface area contributed by atoms with Gasteiger partial charge in [-0.2, -0.15) is 5.10 Å². The van der Waals surface area contributed by atoms with Gasteiger partial charge in [0.2, 0.25) is 5.95 Å². The van der Waals surface area contributed by atoms with E-state index in [-0.39, 0.29) is 0 Å². The third-order valence-corrected chi connectivity index (χ3v) is 3.33. The van der Waals surface area contributed by atoms with E-state index in [9.17, 15) is 0 Å². The number of nitrogens with one attached hydrogen (secondary N) is 1. The zero-order chi connectivity index (χ0) is 12.3. The molecule has 2 heterocycles. The van der Waals surface area contributed by atoms with Crippen LogP contribution in [0.4, 0.5) is 5.95 Å². The van der Waals surface area contributed by atoms with Crippen LogP contribution in [0.15, 0.2) is 0 Å². The number of piperidine rings is 1. The van der Waals surface area contributed by atoms with Crippen LogP contribution in [0.5, 0.6) is 0 Å². The van der Waals surface area contributed by atoms with Crippen molar-refractivity contribution in [3.63, 3.8) is 0 Å². The van der Waals surface area contributed by atoms with Crippen molar-refractivity contribution in [1.29, 1.82) is 0 Å². The smallest absolute Gasteiger partial charge is 0.245 e. The maximum atomic E-state index is 4.46. The van der Waals surface area contributed by atoms with Crippen LogP contribution < -0.4 is 10.2 Å². The molecule has 0 saturated carbocycles. The van der Waals surface area contributed by atoms with Crippen LogP contribution in [0, 0.1) is 13.8 Å². The van der Waals surface area contributed by atoms with E-state index in [2.05, 4.69) is 25.4 Å². The Morgan fingerprint density at radius 3 is 2.71 bits per heavy atom. The highest BCUT2D eigenvalue weighted by atomic mass is 15.3. The summed E-state index contributed by atoms with van der Waals surface area (Å²) >= 11 is 0. The third-order valence-electron chi connectivity index (χ3n) is 3.33. The van der Waals surface area contributed by atoms with Gasteiger partial charge in [-0.25, -0.2) is 4.98 Å². The van der Waals surface area contributed by atoms with Crippen LogP contribution in [0.25, 0.3) is 0 Å². The van der Waals surface area contributed by atoms with Gasteiger partial charge >= 0.3 is 0 Å². The number of aromatic nitrogens is 3. The summed E-state index contributed by atoms with van der Waals surface area (Å²) in [6.07, 6.45) is 3.85. The van der Waals surface area contributed by atoms with Gasteiger partial charge in [0.1, 0.15) is 0 Å². The molecule has 1 aromatic heterocycles. The van der Waals surface area contributed by atoms with Crippen molar-refractivity contribution >= 4 is 5.95 Å². The molecular weight excluding hydrogens is 214 g/mol. The summed E-state index contributed by atoms with van der Waals surface area (Å²) in [4.78, 5) is 6.55. The van der Waals surface area contributed by atoms with Gasteiger partial charge in [0.15, 0.2) is 0 Å². The molecule has 5 heteroatoms. The van der Waals surface area contributed by atoms with Crippen LogP contribution in [-0.2, 0) is 0 Å². The van der Waals surface area contributed by atoms with E-state index in [4.69, 9.17) is 0 Å². The van der Waals surface area contributed by atoms with E-state index in [0.29, 0.717) is 6.04 Å². The standard InChI is InChI=1S/C12H21N5/c1-9-10(2)15-16-12(14-9)17(3)8-11-6-4-5-7-13-11/h11,13H,4-8H2,1-3H3. The molecule has 0 bridgehead atoms. The van der Waals surface area contributed by atoms with Crippen molar-refractivity contribution in [3.05, 3.63) is 11.4 Å². The van der Waals surface area contributed by atoms with Crippen molar-refractivity contribution in [1.82, 2.24) is 20.5 Å². The first kappa shape index (κ1) is 12.2. The largest absolute Gasteiger partial charge is 0.341 e. The van der Waals surface area contributed by atoms with E-state index in [1.807, 2.05) is 20.9 Å². The average Bonchev–Trinajstić information content (AvgIpc) is 2.34. The SMILES string of the molecule is Cc1nnc(N(C)CC2CCCCN2)nc1C. The van der Waals surface area contributed by atoms with Crippen molar-refractivity contribution in [2.45, 2.75) is 39.2 Å². The number of hydrogen-bond acceptors (Lipinski definition) is 5. The molecule has 94 valence electrons. The first-order chi connectivity index (χ1) is 8.16. The Kier molecular flexibility index (Phi) is 3.89. The number of anilines is 1. The molecule has 1 aliphatic heterocycles. The van der Waals surface area contributed by atoms with Gasteiger partial charge in [0, 0.05) is 19.6 Å². The lowest BCUT2D eigenvalue weighted by Crippen LogP contribution is -2.43. The van der Waals surface area contributed by atoms with Crippen LogP contribution in [0.2, 0.25) is 0 Å². The van der Waals surface area contributed by atoms with Gasteiger partial charge in [-0.05, 0) is 33.2 Å². The number of likely N-dealkylation sites (N-methyl/N-ethyl adjacent to an activating group) is 1. The van der Waals surface area contributed by atoms with E-state index < -0.39 is 0 Å². The van der Waals surface area contributed by atoms with Crippen LogP contribution in [-0.4, -0.2) is 41.4 Å². The van der Waals surface area contributed by atoms with E-state index in [0.717, 1.165) is 30.4 Å². The first-order valence-electron chi connectivity index (χ1n) is 6.29. The number of aryl methyl sites for hydroxylation is 2. The first-order valence-corrected chi connectivity index (χ1v) is 6.29. The van der Waals surface area contributed by atoms with Crippen LogP contribution in [0.1, 0.15) is 30.7 Å². The fraction of sp³-hybridized carbons (Fsp3) is 0.750. The second kappa shape index (κ2) is 5.40. The number of rotatable bonds is 3. The molecule has 17 heavy (non-hydrogen) atoms. The topological polar surface area (TPSA) is 53.9 Å². The van der Waals surface area contributed by atoms with Crippen LogP contribution >= 0.6 is 0 Å². The maximum Gasteiger partial charge on any atom is 0.245 e. The molecule has 1 unspecified atom stereocenters. The van der Waals surface area contributed by atoms with Crippen molar-refractivity contribution in [3.8, 4) is 0 Å². The van der Waals surface area contributed by atoms with Gasteiger partial charge in [-0.1, -0.05) is 6.42 Å². The molecule has 0 radical (unpaired) electrons. The maximum absolute atomic E-state index is 4.46. The quantitative estimate of drug-likeness (QED) is 0.849. The van der Waals surface area contributed by atoms with E-state index in [1.54, 1.807) is 0 Å². The third kappa shape index (κ3) is 3.12. The average molecular weight is 235 g/mol. The zero-order valence-electron chi connectivity index (χ0n) is 10.9. The lowest BCUT2D eigenvalue weighted by Gasteiger charge is -2.28. The molecule has 1 N–H and O–H groups in total. The fourth-order valence-corrected chi connectivity index (χ4v) is 2.10. The summed E-state index contributed by atoms with van der Waals surface area (Å²) in [5.74, 6) is 0.723. The van der Waals surface area contributed by atoms with Gasteiger partial charge < -0.3 is 10.2 Å². The predicted octanol–water partition coefficient (Wildman–Crippen LogP) is 1.07. The molecule has 1 aromatic rings. The normalized spacial score (nSPS) is 20.3. The van der Waals surface area contributed by atoms with Gasteiger partial charge in [0.25, 0.3) is 0 Å². The Hall–Kier alpha value is -1.23. The molecule has 0 aromatic carbocycles. The molecule has 1 fully saturated rings. The molecular formula is C12H21N5. The van der Waals surface area contributed by atoms with E-state index >= 15 is 0 Å². The minimum atomic E-state index is 0.555. The lowest BCUT2D eigenvalue weighted by atomic mass is 10.0. The summed E-state index contributed by atoms with van der Waals surface area (Å²) in [5.41, 5.74) is 1.86. The molecule has 5 nitrogen and oxygen atoms in total. The van der Waals surface area contributed by atoms with Gasteiger partial charge in [-0.3, -0.25) is 0 Å². The van der Waals surface area contributed by atoms with Crippen molar-refractivity contribution in [2.24, 2.45) is 0 Å². The second-order valence-electron chi connectivity index (χ2n) is 4.81. The van der Waals surface area contributed by atoms with Gasteiger partial charge in [-0.15, -0.1) is 5.10 Å². The Morgan fingerprint density at radius 1 is 1.24 bits per heavy atom. The molecule has 1 atom stereocenters. The molecule has 1 saturated heterocycles. The summed E-state index contributed by atoms with van der Waals surface area (Å²) < 4.78 is 0. The lowest BCUT2D eigenvalue weighted by molar-refractivity contribution is 0.402.